The Morgan fingerprint density at radius 1 is 0.686 bits per heavy atom. The summed E-state index contributed by atoms with van der Waals surface area (Å²) >= 11 is 1.83. The van der Waals surface area contributed by atoms with E-state index in [-0.39, 0.29) is 0 Å². The molecule has 0 atom stereocenters. The molecule has 6 aromatic rings. The highest BCUT2D eigenvalue weighted by molar-refractivity contribution is 7.25. The average molecular weight is 476 g/mol. The van der Waals surface area contributed by atoms with Gasteiger partial charge in [0.25, 0.3) is 0 Å². The first-order valence-corrected chi connectivity index (χ1v) is 12.9. The van der Waals surface area contributed by atoms with Gasteiger partial charge in [0, 0.05) is 36.5 Å². The lowest BCUT2D eigenvalue weighted by molar-refractivity contribution is 0.00578. The minimum atomic E-state index is -0.456. The molecule has 0 spiro atoms. The van der Waals surface area contributed by atoms with Crippen LogP contribution in [0, 0.1) is 0 Å². The van der Waals surface area contributed by atoms with E-state index in [0.29, 0.717) is 0 Å². The number of para-hydroxylation sites is 1. The number of fused-ring (bicyclic) bond motifs is 6. The second kappa shape index (κ2) is 7.20. The van der Waals surface area contributed by atoms with Crippen molar-refractivity contribution in [3.05, 3.63) is 78.9 Å². The molecule has 4 aromatic carbocycles. The van der Waals surface area contributed by atoms with E-state index in [1.807, 2.05) is 23.5 Å². The first-order chi connectivity index (χ1) is 16.8. The van der Waals surface area contributed by atoms with E-state index in [1.165, 1.54) is 20.2 Å². The van der Waals surface area contributed by atoms with Gasteiger partial charge in [-0.2, -0.15) is 0 Å². The zero-order valence-corrected chi connectivity index (χ0v) is 21.0. The summed E-state index contributed by atoms with van der Waals surface area (Å²) in [6.45, 7) is 8.36. The second-order valence-corrected chi connectivity index (χ2v) is 11.5. The lowest BCUT2D eigenvalue weighted by Gasteiger charge is -2.32. The smallest absolute Gasteiger partial charge is 0.455 e. The molecule has 2 aromatic heterocycles. The molecule has 1 aliphatic rings. The van der Waals surface area contributed by atoms with Crippen LogP contribution in [0.1, 0.15) is 27.7 Å². The van der Waals surface area contributed by atoms with Crippen molar-refractivity contribution in [3.63, 3.8) is 0 Å². The number of rotatable bonds is 2. The van der Waals surface area contributed by atoms with Crippen molar-refractivity contribution in [2.24, 2.45) is 0 Å². The van der Waals surface area contributed by atoms with Crippen molar-refractivity contribution in [1.29, 1.82) is 0 Å². The summed E-state index contributed by atoms with van der Waals surface area (Å²) < 4.78 is 22.0. The van der Waals surface area contributed by atoms with Crippen LogP contribution < -0.4 is 5.46 Å². The number of hydrogen-bond acceptors (Lipinski definition) is 4. The topological polar surface area (TPSA) is 31.6 Å². The molecule has 0 unspecified atom stereocenters. The molecule has 3 nitrogen and oxygen atoms in total. The van der Waals surface area contributed by atoms with E-state index in [9.17, 15) is 0 Å². The van der Waals surface area contributed by atoms with Gasteiger partial charge in [-0.25, -0.2) is 0 Å². The fraction of sp³-hybridized carbons (Fsp3) is 0.200. The largest absolute Gasteiger partial charge is 0.495 e. The highest BCUT2D eigenvalue weighted by Crippen LogP contribution is 2.41. The first-order valence-electron chi connectivity index (χ1n) is 12.0. The Bertz CT molecular complexity index is 1760. The Morgan fingerprint density at radius 2 is 1.37 bits per heavy atom. The van der Waals surface area contributed by atoms with Crippen LogP contribution in [0.25, 0.3) is 53.2 Å². The number of benzene rings is 4. The van der Waals surface area contributed by atoms with Crippen LogP contribution in [0.5, 0.6) is 0 Å². The predicted octanol–water partition coefficient (Wildman–Crippen LogP) is 7.92. The third kappa shape index (κ3) is 3.05. The molecule has 0 aliphatic carbocycles. The molecule has 3 heterocycles. The maximum absolute atomic E-state index is 6.51. The molecule has 0 amide bonds. The summed E-state index contributed by atoms with van der Waals surface area (Å²) in [4.78, 5) is 0. The van der Waals surface area contributed by atoms with Gasteiger partial charge in [-0.05, 0) is 56.9 Å². The molecule has 7 rings (SSSR count). The number of thiophene rings is 1. The third-order valence-electron chi connectivity index (χ3n) is 7.76. The van der Waals surface area contributed by atoms with Gasteiger partial charge in [0.05, 0.1) is 11.2 Å². The summed E-state index contributed by atoms with van der Waals surface area (Å²) in [5, 5.41) is 4.75. The minimum Gasteiger partial charge on any atom is -0.455 e. The molecule has 172 valence electrons. The summed E-state index contributed by atoms with van der Waals surface area (Å²) in [7, 11) is -0.456. The Balaban J connectivity index is 1.46. The standard InChI is InChI=1S/C30H25BO3S/c1-29(2)30(3,4)34-31(33-29)23-16-15-19(28-27(23)22-10-5-7-11-24(22)32-28)18-13-14-21-20-9-6-8-12-25(20)35-26(21)17-18/h5-17H,1-4H3. The van der Waals surface area contributed by atoms with Crippen LogP contribution in [-0.4, -0.2) is 18.3 Å². The highest BCUT2D eigenvalue weighted by Gasteiger charge is 2.52. The molecule has 5 heteroatoms. The van der Waals surface area contributed by atoms with Gasteiger partial charge in [0.1, 0.15) is 11.2 Å². The number of furan rings is 1. The Kier molecular flexibility index (Phi) is 4.36. The lowest BCUT2D eigenvalue weighted by Crippen LogP contribution is -2.41. The third-order valence-corrected chi connectivity index (χ3v) is 8.89. The fourth-order valence-corrected chi connectivity index (χ4v) is 6.29. The molecule has 0 radical (unpaired) electrons. The Labute approximate surface area is 208 Å². The SMILES string of the molecule is CC1(C)OB(c2ccc(-c3ccc4c(c3)sc3ccccc34)c3oc4ccccc4c23)OC1(C)C. The van der Waals surface area contributed by atoms with Gasteiger partial charge in [-0.3, -0.25) is 0 Å². The van der Waals surface area contributed by atoms with E-state index in [1.54, 1.807) is 0 Å². The first kappa shape index (κ1) is 21.2. The molecular formula is C30H25BO3S. The van der Waals surface area contributed by atoms with Crippen LogP contribution in [0.2, 0.25) is 0 Å². The van der Waals surface area contributed by atoms with Crippen LogP contribution in [0.4, 0.5) is 0 Å². The second-order valence-electron chi connectivity index (χ2n) is 10.4. The van der Waals surface area contributed by atoms with Crippen LogP contribution in [-0.2, 0) is 9.31 Å². The lowest BCUT2D eigenvalue weighted by atomic mass is 9.75. The van der Waals surface area contributed by atoms with E-state index < -0.39 is 18.3 Å². The van der Waals surface area contributed by atoms with Crippen molar-refractivity contribution >= 4 is 66.0 Å². The summed E-state index contributed by atoms with van der Waals surface area (Å²) in [6, 6.07) is 27.9. The van der Waals surface area contributed by atoms with Crippen LogP contribution in [0.3, 0.4) is 0 Å². The molecule has 1 aliphatic heterocycles. The van der Waals surface area contributed by atoms with Crippen molar-refractivity contribution in [2.45, 2.75) is 38.9 Å². The predicted molar refractivity (Wildman–Crippen MR) is 148 cm³/mol. The van der Waals surface area contributed by atoms with Gasteiger partial charge in [0.15, 0.2) is 0 Å². The van der Waals surface area contributed by atoms with Crippen molar-refractivity contribution in [3.8, 4) is 11.1 Å². The van der Waals surface area contributed by atoms with Crippen LogP contribution >= 0.6 is 11.3 Å². The van der Waals surface area contributed by atoms with E-state index in [0.717, 1.165) is 38.5 Å². The summed E-state index contributed by atoms with van der Waals surface area (Å²) in [5.41, 5.74) is 4.16. The maximum Gasteiger partial charge on any atom is 0.495 e. The quantitative estimate of drug-likeness (QED) is 0.238. The van der Waals surface area contributed by atoms with Gasteiger partial charge in [-0.15, -0.1) is 11.3 Å². The molecule has 1 fully saturated rings. The van der Waals surface area contributed by atoms with Crippen LogP contribution in [0.15, 0.2) is 83.3 Å². The van der Waals surface area contributed by atoms with Gasteiger partial charge >= 0.3 is 7.12 Å². The minimum absolute atomic E-state index is 0.408. The fourth-order valence-electron chi connectivity index (χ4n) is 5.14. The molecule has 1 saturated heterocycles. The van der Waals surface area contributed by atoms with E-state index in [2.05, 4.69) is 94.4 Å². The number of hydrogen-bond donors (Lipinski definition) is 0. The molecule has 0 bridgehead atoms. The summed E-state index contributed by atoms with van der Waals surface area (Å²) in [6.07, 6.45) is 0. The highest BCUT2D eigenvalue weighted by atomic mass is 32.1. The Morgan fingerprint density at radius 3 is 2.17 bits per heavy atom. The van der Waals surface area contributed by atoms with Gasteiger partial charge in [-0.1, -0.05) is 60.7 Å². The van der Waals surface area contributed by atoms with Gasteiger partial charge < -0.3 is 13.7 Å². The molecule has 0 saturated carbocycles. The monoisotopic (exact) mass is 476 g/mol. The molecule has 0 N–H and O–H groups in total. The van der Waals surface area contributed by atoms with E-state index in [4.69, 9.17) is 13.7 Å². The zero-order chi connectivity index (χ0) is 23.9. The Hall–Kier alpha value is -3.12. The molecule has 35 heavy (non-hydrogen) atoms. The summed E-state index contributed by atoms with van der Waals surface area (Å²) in [5.74, 6) is 0. The molecular weight excluding hydrogens is 451 g/mol. The van der Waals surface area contributed by atoms with E-state index >= 15 is 0 Å². The van der Waals surface area contributed by atoms with Gasteiger partial charge in [0.2, 0.25) is 0 Å². The average Bonchev–Trinajstić information content (AvgIpc) is 3.47. The maximum atomic E-state index is 6.51. The van der Waals surface area contributed by atoms with Crippen molar-refractivity contribution in [2.75, 3.05) is 0 Å². The van der Waals surface area contributed by atoms with Crippen molar-refractivity contribution < 1.29 is 13.7 Å². The van der Waals surface area contributed by atoms with Crippen molar-refractivity contribution in [1.82, 2.24) is 0 Å². The normalized spacial score (nSPS) is 17.3. The zero-order valence-electron chi connectivity index (χ0n) is 20.2.